The highest BCUT2D eigenvalue weighted by molar-refractivity contribution is 6.04. The molecule has 3 rings (SSSR count). The van der Waals surface area contributed by atoms with Crippen LogP contribution in [0.3, 0.4) is 0 Å². The molecule has 0 aliphatic rings. The van der Waals surface area contributed by atoms with E-state index in [1.165, 1.54) is 0 Å². The summed E-state index contributed by atoms with van der Waals surface area (Å²) in [6.45, 7) is 2.39. The first-order valence-electron chi connectivity index (χ1n) is 9.90. The maximum atomic E-state index is 12.4. The van der Waals surface area contributed by atoms with Crippen molar-refractivity contribution in [3.05, 3.63) is 95.1 Å². The van der Waals surface area contributed by atoms with Gasteiger partial charge in [-0.05, 0) is 60.9 Å². The first-order chi connectivity index (χ1) is 14.5. The molecule has 5 nitrogen and oxygen atoms in total. The van der Waals surface area contributed by atoms with Crippen LogP contribution in [0.4, 0.5) is 5.69 Å². The van der Waals surface area contributed by atoms with Gasteiger partial charge in [0.2, 0.25) is 5.91 Å². The second-order valence-corrected chi connectivity index (χ2v) is 7.15. The van der Waals surface area contributed by atoms with E-state index in [0.29, 0.717) is 30.6 Å². The number of ether oxygens (including phenoxy) is 1. The molecule has 0 heterocycles. The number of carbonyl (C=O) groups excluding carboxylic acids is 2. The lowest BCUT2D eigenvalue weighted by atomic mass is 10.1. The van der Waals surface area contributed by atoms with Gasteiger partial charge >= 0.3 is 0 Å². The minimum Gasteiger partial charge on any atom is -0.497 e. The maximum absolute atomic E-state index is 12.4. The van der Waals surface area contributed by atoms with Crippen LogP contribution in [0.1, 0.15) is 33.5 Å². The van der Waals surface area contributed by atoms with Crippen molar-refractivity contribution >= 4 is 17.5 Å². The third-order valence-corrected chi connectivity index (χ3v) is 4.79. The smallest absolute Gasteiger partial charge is 0.255 e. The summed E-state index contributed by atoms with van der Waals surface area (Å²) in [4.78, 5) is 24.6. The fourth-order valence-corrected chi connectivity index (χ4v) is 3.01. The zero-order valence-electron chi connectivity index (χ0n) is 17.3. The number of aryl methyl sites for hydroxylation is 2. The highest BCUT2D eigenvalue weighted by atomic mass is 16.5. The van der Waals surface area contributed by atoms with E-state index in [4.69, 9.17) is 4.74 Å². The van der Waals surface area contributed by atoms with Gasteiger partial charge in [0.15, 0.2) is 0 Å². The lowest BCUT2D eigenvalue weighted by Crippen LogP contribution is -2.23. The molecule has 0 aliphatic heterocycles. The topological polar surface area (TPSA) is 67.4 Å². The number of nitrogens with one attached hydrogen (secondary N) is 2. The number of hydrogen-bond donors (Lipinski definition) is 2. The molecule has 0 fully saturated rings. The first kappa shape index (κ1) is 21.1. The molecule has 0 aliphatic carbocycles. The summed E-state index contributed by atoms with van der Waals surface area (Å²) < 4.78 is 5.14. The van der Waals surface area contributed by atoms with Gasteiger partial charge in [0.05, 0.1) is 7.11 Å². The molecule has 2 N–H and O–H groups in total. The summed E-state index contributed by atoms with van der Waals surface area (Å²) in [7, 11) is 1.63. The second-order valence-electron chi connectivity index (χ2n) is 7.15. The van der Waals surface area contributed by atoms with Crippen LogP contribution in [0.5, 0.6) is 5.75 Å². The molecule has 0 radical (unpaired) electrons. The van der Waals surface area contributed by atoms with Crippen molar-refractivity contribution in [3.63, 3.8) is 0 Å². The largest absolute Gasteiger partial charge is 0.497 e. The van der Waals surface area contributed by atoms with Crippen LogP contribution in [-0.2, 0) is 17.8 Å². The average Bonchev–Trinajstić information content (AvgIpc) is 2.77. The molecule has 0 unspecified atom stereocenters. The number of anilines is 1. The van der Waals surface area contributed by atoms with E-state index >= 15 is 0 Å². The summed E-state index contributed by atoms with van der Waals surface area (Å²) in [5.41, 5.74) is 4.43. The van der Waals surface area contributed by atoms with Gasteiger partial charge in [0, 0.05) is 24.2 Å². The average molecular weight is 402 g/mol. The normalized spacial score (nSPS) is 10.3. The van der Waals surface area contributed by atoms with Crippen LogP contribution in [0.2, 0.25) is 0 Å². The quantitative estimate of drug-likeness (QED) is 0.583. The molecule has 0 atom stereocenters. The van der Waals surface area contributed by atoms with Gasteiger partial charge in [-0.1, -0.05) is 42.0 Å². The Kier molecular flexibility index (Phi) is 7.22. The van der Waals surface area contributed by atoms with Crippen molar-refractivity contribution < 1.29 is 14.3 Å². The van der Waals surface area contributed by atoms with Crippen molar-refractivity contribution in [3.8, 4) is 5.75 Å². The molecule has 0 saturated carbocycles. The predicted molar refractivity (Wildman–Crippen MR) is 119 cm³/mol. The standard InChI is InChI=1S/C25H26N2O3/c1-18-6-11-21(12-7-18)25(29)27-22-5-3-4-20(16-22)17-26-24(28)15-10-19-8-13-23(30-2)14-9-19/h3-9,11-14,16H,10,15,17H2,1-2H3,(H,26,28)(H,27,29). The van der Waals surface area contributed by atoms with Crippen LogP contribution in [0.15, 0.2) is 72.8 Å². The lowest BCUT2D eigenvalue weighted by molar-refractivity contribution is -0.121. The van der Waals surface area contributed by atoms with Gasteiger partial charge in [0.25, 0.3) is 5.91 Å². The molecule has 0 aromatic heterocycles. The van der Waals surface area contributed by atoms with Gasteiger partial charge in [-0.15, -0.1) is 0 Å². The van der Waals surface area contributed by atoms with Crippen LogP contribution in [0.25, 0.3) is 0 Å². The van der Waals surface area contributed by atoms with E-state index in [0.717, 1.165) is 22.4 Å². The second kappa shape index (κ2) is 10.3. The highest BCUT2D eigenvalue weighted by Crippen LogP contribution is 2.14. The molecular formula is C25H26N2O3. The Labute approximate surface area is 177 Å². The van der Waals surface area contributed by atoms with Gasteiger partial charge in [-0.2, -0.15) is 0 Å². The monoisotopic (exact) mass is 402 g/mol. The van der Waals surface area contributed by atoms with Gasteiger partial charge in [-0.25, -0.2) is 0 Å². The summed E-state index contributed by atoms with van der Waals surface area (Å²) in [6.07, 6.45) is 1.08. The zero-order valence-corrected chi connectivity index (χ0v) is 17.3. The Bertz CT molecular complexity index is 996. The fraction of sp³-hybridized carbons (Fsp3) is 0.200. The summed E-state index contributed by atoms with van der Waals surface area (Å²) in [6, 6.07) is 22.6. The molecule has 0 spiro atoms. The van der Waals surface area contributed by atoms with Gasteiger partial charge < -0.3 is 15.4 Å². The Morgan fingerprint density at radius 2 is 1.63 bits per heavy atom. The van der Waals surface area contributed by atoms with E-state index < -0.39 is 0 Å². The Hall–Kier alpha value is -3.60. The van der Waals surface area contributed by atoms with Crippen LogP contribution < -0.4 is 15.4 Å². The van der Waals surface area contributed by atoms with Gasteiger partial charge in [-0.3, -0.25) is 9.59 Å². The van der Waals surface area contributed by atoms with E-state index in [-0.39, 0.29) is 11.8 Å². The molecule has 0 bridgehead atoms. The van der Waals surface area contributed by atoms with Crippen molar-refractivity contribution in [1.29, 1.82) is 0 Å². The number of amides is 2. The van der Waals surface area contributed by atoms with Crippen LogP contribution >= 0.6 is 0 Å². The van der Waals surface area contributed by atoms with E-state index in [1.54, 1.807) is 19.2 Å². The van der Waals surface area contributed by atoms with Crippen molar-refractivity contribution in [2.75, 3.05) is 12.4 Å². The minimum atomic E-state index is -0.157. The minimum absolute atomic E-state index is 0.0140. The number of methoxy groups -OCH3 is 1. The van der Waals surface area contributed by atoms with E-state index in [1.807, 2.05) is 67.6 Å². The number of rotatable bonds is 8. The van der Waals surface area contributed by atoms with Crippen molar-refractivity contribution in [2.24, 2.45) is 0 Å². The molecule has 5 heteroatoms. The van der Waals surface area contributed by atoms with Crippen molar-refractivity contribution in [1.82, 2.24) is 5.32 Å². The molecule has 154 valence electrons. The van der Waals surface area contributed by atoms with Gasteiger partial charge in [0.1, 0.15) is 5.75 Å². The number of carbonyl (C=O) groups is 2. The molecule has 3 aromatic rings. The lowest BCUT2D eigenvalue weighted by Gasteiger charge is -2.09. The summed E-state index contributed by atoms with van der Waals surface area (Å²) >= 11 is 0. The Morgan fingerprint density at radius 3 is 2.33 bits per heavy atom. The number of hydrogen-bond acceptors (Lipinski definition) is 3. The molecule has 30 heavy (non-hydrogen) atoms. The predicted octanol–water partition coefficient (Wildman–Crippen LogP) is 4.50. The molecule has 0 saturated heterocycles. The third-order valence-electron chi connectivity index (χ3n) is 4.79. The molecule has 3 aromatic carbocycles. The SMILES string of the molecule is COc1ccc(CCC(=O)NCc2cccc(NC(=O)c3ccc(C)cc3)c2)cc1. The summed E-state index contributed by atoms with van der Waals surface area (Å²) in [5, 5.41) is 5.83. The first-order valence-corrected chi connectivity index (χ1v) is 9.90. The molecular weight excluding hydrogens is 376 g/mol. The molecule has 2 amide bonds. The van der Waals surface area contributed by atoms with Crippen molar-refractivity contribution in [2.45, 2.75) is 26.3 Å². The van der Waals surface area contributed by atoms with E-state index in [2.05, 4.69) is 10.6 Å². The Balaban J connectivity index is 1.48. The Morgan fingerprint density at radius 1 is 0.900 bits per heavy atom. The maximum Gasteiger partial charge on any atom is 0.255 e. The zero-order chi connectivity index (χ0) is 21.3. The fourth-order valence-electron chi connectivity index (χ4n) is 3.01. The van der Waals surface area contributed by atoms with Crippen LogP contribution in [-0.4, -0.2) is 18.9 Å². The highest BCUT2D eigenvalue weighted by Gasteiger charge is 2.07. The number of benzene rings is 3. The third kappa shape index (κ3) is 6.21. The summed E-state index contributed by atoms with van der Waals surface area (Å²) in [5.74, 6) is 0.633. The van der Waals surface area contributed by atoms with E-state index in [9.17, 15) is 9.59 Å². The van der Waals surface area contributed by atoms with Crippen LogP contribution in [0, 0.1) is 6.92 Å².